The number of ether oxygens (including phenoxy) is 2. The van der Waals surface area contributed by atoms with Crippen LogP contribution < -0.4 is 10.1 Å². The minimum Gasteiger partial charge on any atom is -0.497 e. The van der Waals surface area contributed by atoms with Crippen LogP contribution in [0.25, 0.3) is 0 Å². The van der Waals surface area contributed by atoms with E-state index in [1.165, 1.54) is 14.0 Å². The molecule has 1 aromatic rings. The largest absolute Gasteiger partial charge is 0.497 e. The average Bonchev–Trinajstić information content (AvgIpc) is 2.62. The third kappa shape index (κ3) is 3.98. The van der Waals surface area contributed by atoms with Crippen molar-refractivity contribution in [3.8, 4) is 5.75 Å². The normalized spacial score (nSPS) is 32.7. The zero-order valence-corrected chi connectivity index (χ0v) is 14.6. The number of amides is 1. The molecule has 26 heavy (non-hydrogen) atoms. The van der Waals surface area contributed by atoms with Crippen LogP contribution in [0, 0.1) is 0 Å². The lowest BCUT2D eigenvalue weighted by Crippen LogP contribution is -2.73. The number of carbonyl (C=O) groups excluding carboxylic acids is 1. The maximum atomic E-state index is 11.6. The number of methoxy groups -OCH3 is 1. The number of benzene rings is 1. The van der Waals surface area contributed by atoms with Gasteiger partial charge in [0.05, 0.1) is 19.8 Å². The van der Waals surface area contributed by atoms with E-state index in [0.29, 0.717) is 11.3 Å². The Hall–Kier alpha value is -1.75. The van der Waals surface area contributed by atoms with Crippen molar-refractivity contribution in [3.05, 3.63) is 29.8 Å². The minimum absolute atomic E-state index is 0.337. The van der Waals surface area contributed by atoms with Crippen LogP contribution >= 0.6 is 0 Å². The second-order valence-electron chi connectivity index (χ2n) is 6.36. The molecule has 1 aliphatic heterocycles. The maximum absolute atomic E-state index is 11.6. The molecule has 1 amide bonds. The van der Waals surface area contributed by atoms with Crippen molar-refractivity contribution < 1.29 is 39.8 Å². The third-order valence-electron chi connectivity index (χ3n) is 4.60. The van der Waals surface area contributed by atoms with E-state index in [9.17, 15) is 30.3 Å². The molecule has 2 rings (SSSR count). The van der Waals surface area contributed by atoms with E-state index < -0.39 is 48.8 Å². The number of hydrogen-bond donors (Lipinski definition) is 6. The third-order valence-corrected chi connectivity index (χ3v) is 4.60. The van der Waals surface area contributed by atoms with Crippen LogP contribution in [0.4, 0.5) is 0 Å². The molecule has 1 aromatic carbocycles. The highest BCUT2D eigenvalue weighted by atomic mass is 16.6. The Bertz CT molecular complexity index is 609. The summed E-state index contributed by atoms with van der Waals surface area (Å²) >= 11 is 0. The number of aliphatic hydroxyl groups is 5. The van der Waals surface area contributed by atoms with Gasteiger partial charge in [-0.3, -0.25) is 4.79 Å². The fraction of sp³-hybridized carbons (Fsp3) is 0.588. The Morgan fingerprint density at radius 3 is 2.42 bits per heavy atom. The molecular formula is C17H25NO8. The Morgan fingerprint density at radius 1 is 1.31 bits per heavy atom. The lowest BCUT2D eigenvalue weighted by Gasteiger charge is -2.50. The molecule has 9 nitrogen and oxygen atoms in total. The van der Waals surface area contributed by atoms with Gasteiger partial charge in [-0.15, -0.1) is 0 Å². The van der Waals surface area contributed by atoms with Crippen LogP contribution in [0.3, 0.4) is 0 Å². The summed E-state index contributed by atoms with van der Waals surface area (Å²) in [5.74, 6) is -0.0110. The van der Waals surface area contributed by atoms with E-state index in [1.54, 1.807) is 24.3 Å². The zero-order valence-electron chi connectivity index (χ0n) is 14.6. The predicted molar refractivity (Wildman–Crippen MR) is 89.1 cm³/mol. The van der Waals surface area contributed by atoms with Gasteiger partial charge in [-0.2, -0.15) is 0 Å². The molecule has 1 fully saturated rings. The summed E-state index contributed by atoms with van der Waals surface area (Å²) in [4.78, 5) is 11.6. The van der Waals surface area contributed by atoms with Crippen molar-refractivity contribution in [2.45, 2.75) is 49.6 Å². The molecule has 1 heterocycles. The molecule has 6 atom stereocenters. The number of carbonyl (C=O) groups is 1. The molecule has 9 heteroatoms. The topological polar surface area (TPSA) is 149 Å². The van der Waals surface area contributed by atoms with Crippen LogP contribution in [-0.4, -0.2) is 75.3 Å². The molecule has 146 valence electrons. The fourth-order valence-electron chi connectivity index (χ4n) is 3.17. The highest BCUT2D eigenvalue weighted by molar-refractivity contribution is 5.74. The Morgan fingerprint density at radius 2 is 1.92 bits per heavy atom. The lowest BCUT2D eigenvalue weighted by atomic mass is 9.78. The lowest BCUT2D eigenvalue weighted by molar-refractivity contribution is -0.288. The second-order valence-corrected chi connectivity index (χ2v) is 6.36. The SMILES string of the molecule is COc1ccc(C(O)C[C@]2(NC(C)=O)[C@@H](O)O[C@H](CO)[C@H](O)[C@@H]2O)cc1. The van der Waals surface area contributed by atoms with Gasteiger partial charge in [-0.25, -0.2) is 0 Å². The Kier molecular flexibility index (Phi) is 6.56. The molecule has 6 N–H and O–H groups in total. The van der Waals surface area contributed by atoms with Crippen LogP contribution in [0.2, 0.25) is 0 Å². The van der Waals surface area contributed by atoms with Gasteiger partial charge in [-0.1, -0.05) is 12.1 Å². The second kappa shape index (κ2) is 8.30. The van der Waals surface area contributed by atoms with Gasteiger partial charge < -0.3 is 40.3 Å². The Balaban J connectivity index is 2.31. The zero-order chi connectivity index (χ0) is 19.5. The number of rotatable bonds is 6. The molecule has 1 unspecified atom stereocenters. The first-order valence-corrected chi connectivity index (χ1v) is 8.16. The maximum Gasteiger partial charge on any atom is 0.217 e. The molecule has 0 aliphatic carbocycles. The summed E-state index contributed by atoms with van der Waals surface area (Å²) in [6.07, 6.45) is -7.76. The van der Waals surface area contributed by atoms with Crippen molar-refractivity contribution in [3.63, 3.8) is 0 Å². The van der Waals surface area contributed by atoms with E-state index in [0.717, 1.165) is 0 Å². The molecule has 0 saturated carbocycles. The molecule has 0 aromatic heterocycles. The molecule has 1 saturated heterocycles. The summed E-state index contributed by atoms with van der Waals surface area (Å²) in [5.41, 5.74) is -1.41. The van der Waals surface area contributed by atoms with Crippen molar-refractivity contribution >= 4 is 5.91 Å². The van der Waals surface area contributed by atoms with Crippen molar-refractivity contribution in [2.24, 2.45) is 0 Å². The van der Waals surface area contributed by atoms with E-state index in [2.05, 4.69) is 5.32 Å². The number of hydrogen-bond acceptors (Lipinski definition) is 8. The summed E-state index contributed by atoms with van der Waals surface area (Å²) in [7, 11) is 1.50. The average molecular weight is 371 g/mol. The quantitative estimate of drug-likeness (QED) is 0.351. The van der Waals surface area contributed by atoms with Crippen LogP contribution in [0.1, 0.15) is 25.0 Å². The van der Waals surface area contributed by atoms with Gasteiger partial charge in [0.2, 0.25) is 5.91 Å². The van der Waals surface area contributed by atoms with Gasteiger partial charge in [0.15, 0.2) is 6.29 Å². The van der Waals surface area contributed by atoms with Crippen molar-refractivity contribution in [1.29, 1.82) is 0 Å². The van der Waals surface area contributed by atoms with Crippen LogP contribution in [-0.2, 0) is 9.53 Å². The number of aliphatic hydroxyl groups excluding tert-OH is 5. The van der Waals surface area contributed by atoms with Crippen molar-refractivity contribution in [2.75, 3.05) is 13.7 Å². The minimum atomic E-state index is -1.86. The summed E-state index contributed by atoms with van der Waals surface area (Å²) in [5, 5.41) is 53.2. The van der Waals surface area contributed by atoms with E-state index in [1.807, 2.05) is 0 Å². The van der Waals surface area contributed by atoms with E-state index in [-0.39, 0.29) is 6.42 Å². The molecule has 0 bridgehead atoms. The van der Waals surface area contributed by atoms with Gasteiger partial charge >= 0.3 is 0 Å². The monoisotopic (exact) mass is 371 g/mol. The molecule has 0 radical (unpaired) electrons. The van der Waals surface area contributed by atoms with E-state index in [4.69, 9.17) is 9.47 Å². The van der Waals surface area contributed by atoms with Crippen LogP contribution in [0.15, 0.2) is 24.3 Å². The molecular weight excluding hydrogens is 346 g/mol. The first-order valence-electron chi connectivity index (χ1n) is 8.16. The van der Waals surface area contributed by atoms with Crippen molar-refractivity contribution in [1.82, 2.24) is 5.32 Å². The standard InChI is InChI=1S/C17H25NO8/c1-9(20)18-17(15(23)14(22)13(8-19)26-16(17)24)7-12(21)10-3-5-11(25-2)6-4-10/h3-6,12-16,19,21-24H,7-8H2,1-2H3,(H,18,20)/t12?,13-,14+,15+,16+,17-/m1/s1. The van der Waals surface area contributed by atoms with E-state index >= 15 is 0 Å². The predicted octanol–water partition coefficient (Wildman–Crippen LogP) is -1.58. The summed E-state index contributed by atoms with van der Waals surface area (Å²) in [6, 6.07) is 6.45. The van der Waals surface area contributed by atoms with Crippen LogP contribution in [0.5, 0.6) is 5.75 Å². The molecule has 0 spiro atoms. The summed E-state index contributed by atoms with van der Waals surface area (Å²) < 4.78 is 10.2. The van der Waals surface area contributed by atoms with Gasteiger partial charge in [0, 0.05) is 13.3 Å². The van der Waals surface area contributed by atoms with Gasteiger partial charge in [0.1, 0.15) is 29.6 Å². The highest BCUT2D eigenvalue weighted by Gasteiger charge is 2.56. The molecule has 1 aliphatic rings. The first-order chi connectivity index (χ1) is 12.2. The number of nitrogens with one attached hydrogen (secondary N) is 1. The first kappa shape index (κ1) is 20.6. The van der Waals surface area contributed by atoms with Gasteiger partial charge in [0.25, 0.3) is 0 Å². The summed E-state index contributed by atoms with van der Waals surface area (Å²) in [6.45, 7) is 0.540. The smallest absolute Gasteiger partial charge is 0.217 e. The Labute approximate surface area is 150 Å². The highest BCUT2D eigenvalue weighted by Crippen LogP contribution is 2.36. The fourth-order valence-corrected chi connectivity index (χ4v) is 3.17. The van der Waals surface area contributed by atoms with Gasteiger partial charge in [-0.05, 0) is 17.7 Å².